The van der Waals surface area contributed by atoms with Crippen LogP contribution >= 0.6 is 11.8 Å². The van der Waals surface area contributed by atoms with Gasteiger partial charge in [0, 0.05) is 5.56 Å². The molecule has 7 nitrogen and oxygen atoms in total. The van der Waals surface area contributed by atoms with Crippen LogP contribution in [0.2, 0.25) is 18.1 Å². The topological polar surface area (TPSA) is 72.5 Å². The molecule has 0 fully saturated rings. The largest absolute Gasteiger partial charge is 0.541 e. The molecule has 0 N–H and O–H groups in total. The van der Waals surface area contributed by atoms with Gasteiger partial charge in [-0.15, -0.1) is 11.8 Å². The molecule has 0 aromatic heterocycles. The molecule has 202 valence electrons. The minimum absolute atomic E-state index is 0.00606. The van der Waals surface area contributed by atoms with Crippen molar-refractivity contribution >= 4 is 31.4 Å². The Balaban J connectivity index is 2.29. The van der Waals surface area contributed by atoms with E-state index in [4.69, 9.17) is 28.1 Å². The number of ketones is 1. The van der Waals surface area contributed by atoms with E-state index in [1.54, 1.807) is 20.3 Å². The quantitative estimate of drug-likeness (QED) is 0.327. The van der Waals surface area contributed by atoms with Crippen LogP contribution in [0.3, 0.4) is 0 Å². The van der Waals surface area contributed by atoms with E-state index < -0.39 is 13.8 Å². The Morgan fingerprint density at radius 2 is 1.57 bits per heavy atom. The smallest absolute Gasteiger partial charge is 0.250 e. The van der Waals surface area contributed by atoms with Crippen LogP contribution in [-0.2, 0) is 4.79 Å². The first kappa shape index (κ1) is 28.8. The molecule has 0 aliphatic carbocycles. The Morgan fingerprint density at radius 1 is 0.919 bits per heavy atom. The normalized spacial score (nSPS) is 15.7. The number of thioether (sulfide) groups is 1. The van der Waals surface area contributed by atoms with Crippen molar-refractivity contribution in [1.29, 1.82) is 0 Å². The summed E-state index contributed by atoms with van der Waals surface area (Å²) in [6, 6.07) is 7.52. The van der Waals surface area contributed by atoms with E-state index in [1.807, 2.05) is 31.2 Å². The third-order valence-electron chi connectivity index (χ3n) is 6.78. The summed E-state index contributed by atoms with van der Waals surface area (Å²) in [6.45, 7) is 12.9. The maximum atomic E-state index is 13.4. The average Bonchev–Trinajstić information content (AvgIpc) is 2.98. The lowest BCUT2D eigenvalue weighted by Crippen LogP contribution is -2.43. The van der Waals surface area contributed by atoms with Crippen LogP contribution in [0, 0.1) is 0 Å². The highest BCUT2D eigenvalue weighted by molar-refractivity contribution is 8.00. The molecule has 1 aliphatic heterocycles. The van der Waals surface area contributed by atoms with E-state index in [0.29, 0.717) is 51.4 Å². The third-order valence-corrected chi connectivity index (χ3v) is 12.1. The van der Waals surface area contributed by atoms with Gasteiger partial charge in [-0.2, -0.15) is 0 Å². The SMILES string of the molecule is CCSC1Oc2c(cc(OC)c(OC)c2OC)C(c2ccc(OC)c(O[Si](C)(C)C(C)(C)C)c2)=CC1=O. The second-order valence-corrected chi connectivity index (χ2v) is 16.2. The monoisotopic (exact) mass is 546 g/mol. The Kier molecular flexibility index (Phi) is 8.80. The summed E-state index contributed by atoms with van der Waals surface area (Å²) in [5, 5.41) is -0.00606. The van der Waals surface area contributed by atoms with Crippen molar-refractivity contribution in [2.45, 2.75) is 51.3 Å². The minimum atomic E-state index is -2.18. The molecule has 2 aromatic rings. The number of fused-ring (bicyclic) bond motifs is 1. The minimum Gasteiger partial charge on any atom is -0.541 e. The van der Waals surface area contributed by atoms with Gasteiger partial charge in [-0.1, -0.05) is 33.8 Å². The van der Waals surface area contributed by atoms with E-state index in [2.05, 4.69) is 33.9 Å². The summed E-state index contributed by atoms with van der Waals surface area (Å²) in [4.78, 5) is 13.4. The van der Waals surface area contributed by atoms with Gasteiger partial charge in [0.25, 0.3) is 8.32 Å². The van der Waals surface area contributed by atoms with Gasteiger partial charge in [0.15, 0.2) is 17.2 Å². The van der Waals surface area contributed by atoms with Crippen LogP contribution in [0.25, 0.3) is 5.57 Å². The van der Waals surface area contributed by atoms with Gasteiger partial charge >= 0.3 is 0 Å². The number of ether oxygens (including phenoxy) is 5. The van der Waals surface area contributed by atoms with Gasteiger partial charge in [-0.3, -0.25) is 4.79 Å². The predicted molar refractivity (Wildman–Crippen MR) is 152 cm³/mol. The fourth-order valence-corrected chi connectivity index (χ4v) is 5.47. The molecule has 1 atom stereocenters. The zero-order valence-corrected chi connectivity index (χ0v) is 25.3. The molecule has 37 heavy (non-hydrogen) atoms. The van der Waals surface area contributed by atoms with E-state index in [-0.39, 0.29) is 10.8 Å². The first-order valence-electron chi connectivity index (χ1n) is 12.2. The second-order valence-electron chi connectivity index (χ2n) is 10.1. The molecule has 9 heteroatoms. The molecule has 3 rings (SSSR count). The van der Waals surface area contributed by atoms with Crippen molar-refractivity contribution in [3.05, 3.63) is 41.5 Å². The van der Waals surface area contributed by atoms with Crippen LogP contribution in [0.15, 0.2) is 30.3 Å². The first-order valence-corrected chi connectivity index (χ1v) is 16.1. The Bertz CT molecular complexity index is 1180. The van der Waals surface area contributed by atoms with Gasteiger partial charge in [-0.25, -0.2) is 0 Å². The lowest BCUT2D eigenvalue weighted by Gasteiger charge is -2.37. The Morgan fingerprint density at radius 3 is 2.11 bits per heavy atom. The van der Waals surface area contributed by atoms with Crippen molar-refractivity contribution in [1.82, 2.24) is 0 Å². The standard InChI is InChI=1S/C28H38O7SSi/c1-11-36-27-20(29)15-18(19-16-23(31-6)25(32-7)26(33-8)24(19)34-27)17-12-13-21(30-5)22(14-17)35-37(9,10)28(2,3)4/h12-16,27H,11H2,1-10H3. The highest BCUT2D eigenvalue weighted by Crippen LogP contribution is 2.52. The number of hydrogen-bond acceptors (Lipinski definition) is 8. The van der Waals surface area contributed by atoms with Crippen molar-refractivity contribution in [3.63, 3.8) is 0 Å². The molecular formula is C28H38O7SSi. The lowest BCUT2D eigenvalue weighted by atomic mass is 9.95. The molecule has 1 aliphatic rings. The first-order chi connectivity index (χ1) is 17.4. The predicted octanol–water partition coefficient (Wildman–Crippen LogP) is 6.58. The number of rotatable bonds is 9. The fourth-order valence-electron chi connectivity index (χ4n) is 3.76. The van der Waals surface area contributed by atoms with Crippen molar-refractivity contribution < 1.29 is 32.9 Å². The average molecular weight is 547 g/mol. The zero-order valence-electron chi connectivity index (χ0n) is 23.4. The Labute approximate surface area is 225 Å². The summed E-state index contributed by atoms with van der Waals surface area (Å²) in [6.07, 6.45) is 1.63. The molecule has 0 bridgehead atoms. The van der Waals surface area contributed by atoms with Crippen molar-refractivity contribution in [2.24, 2.45) is 0 Å². The lowest BCUT2D eigenvalue weighted by molar-refractivity contribution is -0.117. The molecule has 2 aromatic carbocycles. The summed E-state index contributed by atoms with van der Waals surface area (Å²) in [5.41, 5.74) is 1.38. The van der Waals surface area contributed by atoms with Gasteiger partial charge in [-0.05, 0) is 59.3 Å². The third kappa shape index (κ3) is 5.72. The molecule has 0 radical (unpaired) electrons. The number of methoxy groups -OCH3 is 4. The van der Waals surface area contributed by atoms with E-state index in [9.17, 15) is 4.79 Å². The molecule has 1 heterocycles. The highest BCUT2D eigenvalue weighted by Gasteiger charge is 2.40. The number of carbonyl (C=O) groups is 1. The summed E-state index contributed by atoms with van der Waals surface area (Å²) in [5.74, 6) is 3.48. The van der Waals surface area contributed by atoms with Crippen LogP contribution < -0.4 is 28.1 Å². The van der Waals surface area contributed by atoms with Crippen molar-refractivity contribution in [3.8, 4) is 34.5 Å². The fraction of sp³-hybridized carbons (Fsp3) is 0.464. The summed E-state index contributed by atoms with van der Waals surface area (Å²) >= 11 is 1.41. The van der Waals surface area contributed by atoms with Gasteiger partial charge < -0.3 is 28.1 Å². The second kappa shape index (κ2) is 11.3. The van der Waals surface area contributed by atoms with E-state index in [1.165, 1.54) is 26.0 Å². The summed E-state index contributed by atoms with van der Waals surface area (Å²) in [7, 11) is 4.09. The number of hydrogen-bond donors (Lipinski definition) is 0. The molecule has 0 spiro atoms. The summed E-state index contributed by atoms with van der Waals surface area (Å²) < 4.78 is 35.5. The van der Waals surface area contributed by atoms with Crippen LogP contribution in [-0.4, -0.2) is 53.7 Å². The van der Waals surface area contributed by atoms with Gasteiger partial charge in [0.1, 0.15) is 5.75 Å². The maximum Gasteiger partial charge on any atom is 0.250 e. The number of carbonyl (C=O) groups excluding carboxylic acids is 1. The van der Waals surface area contributed by atoms with Crippen molar-refractivity contribution in [2.75, 3.05) is 34.2 Å². The molecular weight excluding hydrogens is 508 g/mol. The van der Waals surface area contributed by atoms with Crippen LogP contribution in [0.5, 0.6) is 34.5 Å². The molecule has 0 saturated carbocycles. The van der Waals surface area contributed by atoms with E-state index >= 15 is 0 Å². The van der Waals surface area contributed by atoms with E-state index in [0.717, 1.165) is 5.56 Å². The van der Waals surface area contributed by atoms with Crippen LogP contribution in [0.4, 0.5) is 0 Å². The highest BCUT2D eigenvalue weighted by atomic mass is 32.2. The van der Waals surface area contributed by atoms with Gasteiger partial charge in [0.05, 0.1) is 28.4 Å². The van der Waals surface area contributed by atoms with Gasteiger partial charge in [0.2, 0.25) is 22.7 Å². The molecule has 0 amide bonds. The molecule has 1 unspecified atom stereocenters. The van der Waals surface area contributed by atoms with Crippen LogP contribution in [0.1, 0.15) is 38.8 Å². The molecule has 0 saturated heterocycles. The Hall–Kier alpha value is -2.78. The zero-order chi connectivity index (χ0) is 27.5. The number of benzene rings is 2. The maximum absolute atomic E-state index is 13.4.